The van der Waals surface area contributed by atoms with Crippen molar-refractivity contribution < 1.29 is 38.6 Å². The molecule has 16 heteroatoms. The molecule has 8 N–H and O–H groups in total. The Morgan fingerprint density at radius 1 is 0.957 bits per heavy atom. The van der Waals surface area contributed by atoms with Crippen molar-refractivity contribution in [3.05, 3.63) is 35.9 Å². The fourth-order valence-corrected chi connectivity index (χ4v) is 4.23. The molecule has 0 aromatic heterocycles. The highest BCUT2D eigenvalue weighted by Crippen LogP contribution is 2.16. The Kier molecular flexibility index (Phi) is 21.0. The van der Waals surface area contributed by atoms with Crippen LogP contribution in [-0.4, -0.2) is 97.7 Å². The van der Waals surface area contributed by atoms with E-state index in [2.05, 4.69) is 20.9 Å². The molecule has 258 valence electrons. The molecule has 0 saturated carbocycles. The molecule has 0 unspecified atom stereocenters. The number of hydrogen-bond donors (Lipinski definition) is 6. The molecule has 3 atom stereocenters. The standard InChI is InChI=1S/C30H47N7O8.ClH/c1-33-30(32)34-17-9-13-23(29(44)37(2)3)36-28(43)26(41)22(12-7-8-16-31)35-27(42)21(14-15-24(38)39)18-25(40)45-19-20-10-5-4-6-11-20;/h4-6,10-11,21-23H,7-9,12-19,31H2,1-3H3,(H,35,42)(H,36,43)(H,38,39)(H3,32,33,34);1H/t21-,22+,23+;/m1./s1. The highest BCUT2D eigenvalue weighted by Gasteiger charge is 2.33. The topological polar surface area (TPSA) is 236 Å². The average molecular weight is 670 g/mol. The molecular weight excluding hydrogens is 622 g/mol. The first kappa shape index (κ1) is 41.8. The van der Waals surface area contributed by atoms with Gasteiger partial charge < -0.3 is 42.2 Å². The Bertz CT molecular complexity index is 1170. The highest BCUT2D eigenvalue weighted by atomic mass is 35.5. The van der Waals surface area contributed by atoms with E-state index >= 15 is 0 Å². The van der Waals surface area contributed by atoms with Crippen LogP contribution < -0.4 is 27.4 Å². The number of likely N-dealkylation sites (N-methyl/N-ethyl adjacent to an activating group) is 1. The van der Waals surface area contributed by atoms with E-state index in [9.17, 15) is 33.9 Å². The predicted octanol–water partition coefficient (Wildman–Crippen LogP) is 0.0929. The van der Waals surface area contributed by atoms with Gasteiger partial charge in [-0.2, -0.15) is 0 Å². The number of carboxylic acid groups (broad SMARTS) is 1. The van der Waals surface area contributed by atoms with E-state index in [4.69, 9.17) is 16.2 Å². The van der Waals surface area contributed by atoms with E-state index in [0.29, 0.717) is 32.4 Å². The molecule has 0 aliphatic rings. The highest BCUT2D eigenvalue weighted by molar-refractivity contribution is 6.38. The number of amides is 3. The number of esters is 1. The van der Waals surface area contributed by atoms with Crippen LogP contribution in [0.2, 0.25) is 0 Å². The van der Waals surface area contributed by atoms with Crippen molar-refractivity contribution in [2.75, 3.05) is 34.2 Å². The number of carbonyl (C=O) groups is 6. The number of nitrogens with two attached hydrogens (primary N) is 2. The van der Waals surface area contributed by atoms with Crippen LogP contribution in [0, 0.1) is 5.92 Å². The monoisotopic (exact) mass is 669 g/mol. The molecular formula is C30H48ClN7O8. The number of aliphatic imine (C=N–C) groups is 1. The molecule has 0 radical (unpaired) electrons. The molecule has 0 spiro atoms. The number of Topliss-reactive ketones (excluding diaryl/α,β-unsaturated/α-hetero) is 1. The van der Waals surface area contributed by atoms with Gasteiger partial charge in [0, 0.05) is 40.0 Å². The van der Waals surface area contributed by atoms with Crippen LogP contribution in [0.25, 0.3) is 0 Å². The second kappa shape index (κ2) is 23.1. The van der Waals surface area contributed by atoms with E-state index in [-0.39, 0.29) is 44.2 Å². The lowest BCUT2D eigenvalue weighted by Gasteiger charge is -2.24. The molecule has 15 nitrogen and oxygen atoms in total. The van der Waals surface area contributed by atoms with E-state index in [0.717, 1.165) is 5.56 Å². The van der Waals surface area contributed by atoms with Crippen LogP contribution in [-0.2, 0) is 40.1 Å². The first-order chi connectivity index (χ1) is 21.4. The van der Waals surface area contributed by atoms with Crippen molar-refractivity contribution in [1.29, 1.82) is 0 Å². The lowest BCUT2D eigenvalue weighted by molar-refractivity contribution is -0.149. The van der Waals surface area contributed by atoms with Gasteiger partial charge in [-0.15, -0.1) is 12.4 Å². The Morgan fingerprint density at radius 3 is 2.20 bits per heavy atom. The summed E-state index contributed by atoms with van der Waals surface area (Å²) in [4.78, 5) is 81.4. The van der Waals surface area contributed by atoms with Crippen molar-refractivity contribution in [3.63, 3.8) is 0 Å². The van der Waals surface area contributed by atoms with Crippen LogP contribution in [0.4, 0.5) is 0 Å². The summed E-state index contributed by atoms with van der Waals surface area (Å²) in [5.41, 5.74) is 11.9. The molecule has 3 amide bonds. The summed E-state index contributed by atoms with van der Waals surface area (Å²) < 4.78 is 5.27. The van der Waals surface area contributed by atoms with E-state index in [1.54, 1.807) is 24.3 Å². The first-order valence-electron chi connectivity index (χ1n) is 14.8. The molecule has 0 bridgehead atoms. The van der Waals surface area contributed by atoms with Gasteiger partial charge in [-0.05, 0) is 50.6 Å². The molecule has 1 aromatic carbocycles. The van der Waals surface area contributed by atoms with Gasteiger partial charge in [-0.25, -0.2) is 0 Å². The van der Waals surface area contributed by atoms with Crippen LogP contribution in [0.1, 0.15) is 56.9 Å². The third kappa shape index (κ3) is 16.7. The van der Waals surface area contributed by atoms with Gasteiger partial charge in [0.2, 0.25) is 17.6 Å². The van der Waals surface area contributed by atoms with Crippen molar-refractivity contribution in [1.82, 2.24) is 20.9 Å². The molecule has 0 heterocycles. The number of ketones is 1. The zero-order valence-electron chi connectivity index (χ0n) is 26.7. The van der Waals surface area contributed by atoms with Gasteiger partial charge in [-0.3, -0.25) is 33.8 Å². The lowest BCUT2D eigenvalue weighted by Crippen LogP contribution is -2.53. The SMILES string of the molecule is CN=C(N)NCCC[C@H](NC(=O)C(=O)[C@H](CCCCN)NC(=O)[C@H](CCC(=O)O)CC(=O)OCc1ccccc1)C(=O)N(C)C.Cl. The third-order valence-corrected chi connectivity index (χ3v) is 6.80. The number of hydrogen-bond acceptors (Lipinski definition) is 9. The van der Waals surface area contributed by atoms with Crippen molar-refractivity contribution in [2.24, 2.45) is 22.4 Å². The van der Waals surface area contributed by atoms with Crippen molar-refractivity contribution >= 4 is 53.8 Å². The van der Waals surface area contributed by atoms with E-state index in [1.807, 2.05) is 6.07 Å². The number of nitrogens with zero attached hydrogens (tertiary/aromatic N) is 2. The molecule has 1 rings (SSSR count). The van der Waals surface area contributed by atoms with E-state index in [1.165, 1.54) is 26.0 Å². The van der Waals surface area contributed by atoms with Gasteiger partial charge in [-0.1, -0.05) is 30.3 Å². The predicted molar refractivity (Wildman–Crippen MR) is 174 cm³/mol. The number of carboxylic acids is 1. The summed E-state index contributed by atoms with van der Waals surface area (Å²) in [6, 6.07) is 6.56. The Morgan fingerprint density at radius 2 is 1.61 bits per heavy atom. The Labute approximate surface area is 275 Å². The summed E-state index contributed by atoms with van der Waals surface area (Å²) in [5, 5.41) is 17.1. The summed E-state index contributed by atoms with van der Waals surface area (Å²) in [6.45, 7) is 0.652. The number of rotatable bonds is 21. The Balaban J connectivity index is 0.0000202. The fourth-order valence-electron chi connectivity index (χ4n) is 4.23. The number of carbonyl (C=O) groups excluding carboxylic acids is 5. The average Bonchev–Trinajstić information content (AvgIpc) is 3.02. The largest absolute Gasteiger partial charge is 0.481 e. The van der Waals surface area contributed by atoms with Gasteiger partial charge in [0.15, 0.2) is 5.96 Å². The molecule has 0 fully saturated rings. The quantitative estimate of drug-likeness (QED) is 0.0337. The zero-order chi connectivity index (χ0) is 33.8. The number of nitrogens with one attached hydrogen (secondary N) is 3. The maximum atomic E-state index is 13.3. The van der Waals surface area contributed by atoms with Crippen LogP contribution in [0.15, 0.2) is 35.3 Å². The molecule has 0 saturated heterocycles. The minimum absolute atomic E-state index is 0. The third-order valence-electron chi connectivity index (χ3n) is 6.80. The van der Waals surface area contributed by atoms with Gasteiger partial charge in [0.25, 0.3) is 5.91 Å². The van der Waals surface area contributed by atoms with Crippen LogP contribution in [0.3, 0.4) is 0 Å². The summed E-state index contributed by atoms with van der Waals surface area (Å²) >= 11 is 0. The first-order valence-corrected chi connectivity index (χ1v) is 14.8. The Hall–Kier alpha value is -4.24. The van der Waals surface area contributed by atoms with Crippen LogP contribution in [0.5, 0.6) is 0 Å². The molecule has 0 aliphatic heterocycles. The summed E-state index contributed by atoms with van der Waals surface area (Å²) in [5.74, 6) is -6.06. The zero-order valence-corrected chi connectivity index (χ0v) is 27.5. The molecule has 1 aromatic rings. The van der Waals surface area contributed by atoms with Gasteiger partial charge in [0.05, 0.1) is 12.5 Å². The second-order valence-electron chi connectivity index (χ2n) is 10.6. The van der Waals surface area contributed by atoms with E-state index < -0.39 is 66.3 Å². The molecule has 0 aliphatic carbocycles. The maximum Gasteiger partial charge on any atom is 0.306 e. The number of guanidine groups is 1. The number of ether oxygens (including phenoxy) is 1. The summed E-state index contributed by atoms with van der Waals surface area (Å²) in [7, 11) is 4.55. The van der Waals surface area contributed by atoms with Gasteiger partial charge >= 0.3 is 11.9 Å². The molecule has 46 heavy (non-hydrogen) atoms. The second-order valence-corrected chi connectivity index (χ2v) is 10.6. The summed E-state index contributed by atoms with van der Waals surface area (Å²) in [6.07, 6.45) is 0.533. The van der Waals surface area contributed by atoms with Crippen LogP contribution >= 0.6 is 12.4 Å². The minimum atomic E-state index is -1.30. The number of benzene rings is 1. The number of halogens is 1. The maximum absolute atomic E-state index is 13.3. The van der Waals surface area contributed by atoms with Gasteiger partial charge in [0.1, 0.15) is 12.6 Å². The van der Waals surface area contributed by atoms with Crippen molar-refractivity contribution in [2.45, 2.75) is 70.1 Å². The fraction of sp³-hybridized carbons (Fsp3) is 0.567. The minimum Gasteiger partial charge on any atom is -0.481 e. The number of unbranched alkanes of at least 4 members (excludes halogenated alkanes) is 1. The van der Waals surface area contributed by atoms with Crippen molar-refractivity contribution in [3.8, 4) is 0 Å². The normalized spacial score (nSPS) is 12.8. The smallest absolute Gasteiger partial charge is 0.306 e. The lowest BCUT2D eigenvalue weighted by atomic mass is 9.96. The number of aliphatic carboxylic acids is 1.